The Morgan fingerprint density at radius 1 is 1.35 bits per heavy atom. The van der Waals surface area contributed by atoms with Crippen molar-refractivity contribution in [2.24, 2.45) is 0 Å². The molecule has 0 bridgehead atoms. The summed E-state index contributed by atoms with van der Waals surface area (Å²) >= 11 is 1.75. The van der Waals surface area contributed by atoms with Crippen molar-refractivity contribution in [3.8, 4) is 0 Å². The van der Waals surface area contributed by atoms with E-state index in [-0.39, 0.29) is 17.8 Å². The van der Waals surface area contributed by atoms with Crippen LogP contribution in [-0.2, 0) is 16.0 Å². The zero-order chi connectivity index (χ0) is 16.4. The molecule has 1 aliphatic heterocycles. The molecule has 0 saturated carbocycles. The smallest absolute Gasteiger partial charge is 0.275 e. The van der Waals surface area contributed by atoms with E-state index in [0.717, 1.165) is 11.3 Å². The molecule has 0 radical (unpaired) electrons. The SMILES string of the molecule is CSCC1OC(C)(C)OC1CNCc1c[nH]c2c(=O)[nH]cnc12. The van der Waals surface area contributed by atoms with Crippen LogP contribution in [0.4, 0.5) is 0 Å². The molecule has 1 saturated heterocycles. The Kier molecular flexibility index (Phi) is 4.77. The quantitative estimate of drug-likeness (QED) is 0.734. The number of rotatable bonds is 6. The Hall–Kier alpha value is -1.35. The van der Waals surface area contributed by atoms with Gasteiger partial charge in [0.05, 0.1) is 17.9 Å². The molecule has 1 aliphatic rings. The first kappa shape index (κ1) is 16.5. The Morgan fingerprint density at radius 3 is 2.91 bits per heavy atom. The van der Waals surface area contributed by atoms with Crippen molar-refractivity contribution in [2.45, 2.75) is 38.4 Å². The van der Waals surface area contributed by atoms with Gasteiger partial charge in [-0.2, -0.15) is 11.8 Å². The lowest BCUT2D eigenvalue weighted by atomic mass is 10.2. The van der Waals surface area contributed by atoms with Gasteiger partial charge in [0, 0.05) is 30.6 Å². The third kappa shape index (κ3) is 3.60. The molecule has 2 aromatic rings. The summed E-state index contributed by atoms with van der Waals surface area (Å²) in [6, 6.07) is 0. The highest BCUT2D eigenvalue weighted by molar-refractivity contribution is 7.98. The maximum Gasteiger partial charge on any atom is 0.275 e. The number of nitrogens with zero attached hydrogens (tertiary/aromatic N) is 1. The standard InChI is InChI=1S/C15H22N4O3S/c1-15(2)21-10(11(22-15)7-23-3)6-16-4-9-5-17-13-12(9)18-8-19-14(13)20/h5,8,10-11,16-17H,4,6-7H2,1-3H3,(H,18,19,20). The van der Waals surface area contributed by atoms with E-state index in [0.29, 0.717) is 24.1 Å². The molecule has 126 valence electrons. The highest BCUT2D eigenvalue weighted by Gasteiger charge is 2.40. The monoisotopic (exact) mass is 338 g/mol. The molecule has 1 fully saturated rings. The summed E-state index contributed by atoms with van der Waals surface area (Å²) < 4.78 is 11.9. The fourth-order valence-electron chi connectivity index (χ4n) is 2.88. The van der Waals surface area contributed by atoms with E-state index < -0.39 is 5.79 Å². The maximum atomic E-state index is 11.7. The maximum absolute atomic E-state index is 11.7. The molecule has 2 aromatic heterocycles. The first-order valence-electron chi connectivity index (χ1n) is 7.59. The second kappa shape index (κ2) is 6.64. The lowest BCUT2D eigenvalue weighted by Gasteiger charge is -2.17. The normalized spacial score (nSPS) is 23.6. The molecular weight excluding hydrogens is 316 g/mol. The van der Waals surface area contributed by atoms with Crippen LogP contribution in [0.25, 0.3) is 11.0 Å². The molecule has 0 aromatic carbocycles. The Balaban J connectivity index is 1.62. The van der Waals surface area contributed by atoms with Gasteiger partial charge in [0.1, 0.15) is 11.6 Å². The first-order valence-corrected chi connectivity index (χ1v) is 8.98. The van der Waals surface area contributed by atoms with Crippen LogP contribution < -0.4 is 10.9 Å². The van der Waals surface area contributed by atoms with Crippen LogP contribution in [0.3, 0.4) is 0 Å². The van der Waals surface area contributed by atoms with E-state index in [4.69, 9.17) is 9.47 Å². The summed E-state index contributed by atoms with van der Waals surface area (Å²) in [5.41, 5.74) is 2.01. The number of hydrogen-bond acceptors (Lipinski definition) is 6. The number of aromatic amines is 2. The molecule has 8 heteroatoms. The summed E-state index contributed by atoms with van der Waals surface area (Å²) in [5.74, 6) is 0.363. The minimum absolute atomic E-state index is 0.0130. The number of hydrogen-bond donors (Lipinski definition) is 3. The fourth-order valence-corrected chi connectivity index (χ4v) is 3.49. The number of aromatic nitrogens is 3. The zero-order valence-corrected chi connectivity index (χ0v) is 14.3. The number of nitrogens with one attached hydrogen (secondary N) is 3. The topological polar surface area (TPSA) is 92.0 Å². The van der Waals surface area contributed by atoms with E-state index in [1.807, 2.05) is 20.0 Å². The van der Waals surface area contributed by atoms with E-state index in [1.54, 1.807) is 11.8 Å². The van der Waals surface area contributed by atoms with Gasteiger partial charge in [-0.15, -0.1) is 0 Å². The molecule has 3 rings (SSSR count). The zero-order valence-electron chi connectivity index (χ0n) is 13.5. The van der Waals surface area contributed by atoms with Crippen LogP contribution in [0.15, 0.2) is 17.3 Å². The third-order valence-corrected chi connectivity index (χ3v) is 4.49. The van der Waals surface area contributed by atoms with Crippen LogP contribution in [0.5, 0.6) is 0 Å². The molecule has 0 amide bonds. The van der Waals surface area contributed by atoms with Crippen LogP contribution in [0, 0.1) is 0 Å². The summed E-state index contributed by atoms with van der Waals surface area (Å²) in [7, 11) is 0. The van der Waals surface area contributed by atoms with Gasteiger partial charge in [0.2, 0.25) is 0 Å². The molecule has 2 atom stereocenters. The minimum atomic E-state index is -0.539. The average Bonchev–Trinajstić information content (AvgIpc) is 3.02. The summed E-state index contributed by atoms with van der Waals surface area (Å²) in [6.45, 7) is 5.18. The number of H-pyrrole nitrogens is 2. The molecule has 0 spiro atoms. The predicted octanol–water partition coefficient (Wildman–Crippen LogP) is 1.22. The van der Waals surface area contributed by atoms with Gasteiger partial charge in [-0.1, -0.05) is 0 Å². The van der Waals surface area contributed by atoms with Crippen molar-refractivity contribution in [3.05, 3.63) is 28.4 Å². The van der Waals surface area contributed by atoms with Gasteiger partial charge in [-0.25, -0.2) is 4.98 Å². The molecular formula is C15H22N4O3S. The van der Waals surface area contributed by atoms with Crippen molar-refractivity contribution in [1.29, 1.82) is 0 Å². The van der Waals surface area contributed by atoms with Crippen molar-refractivity contribution >= 4 is 22.8 Å². The lowest BCUT2D eigenvalue weighted by Crippen LogP contribution is -2.35. The van der Waals surface area contributed by atoms with Crippen LogP contribution in [0.2, 0.25) is 0 Å². The second-order valence-electron chi connectivity index (χ2n) is 6.07. The second-order valence-corrected chi connectivity index (χ2v) is 6.98. The van der Waals surface area contributed by atoms with Gasteiger partial charge < -0.3 is 24.8 Å². The lowest BCUT2D eigenvalue weighted by molar-refractivity contribution is -0.144. The summed E-state index contributed by atoms with van der Waals surface area (Å²) in [5, 5.41) is 3.38. The van der Waals surface area contributed by atoms with E-state index in [9.17, 15) is 4.79 Å². The minimum Gasteiger partial charge on any atom is -0.355 e. The fraction of sp³-hybridized carbons (Fsp3) is 0.600. The van der Waals surface area contributed by atoms with Crippen molar-refractivity contribution < 1.29 is 9.47 Å². The van der Waals surface area contributed by atoms with Gasteiger partial charge in [0.25, 0.3) is 5.56 Å². The van der Waals surface area contributed by atoms with Gasteiger partial charge >= 0.3 is 0 Å². The van der Waals surface area contributed by atoms with E-state index in [2.05, 4.69) is 26.5 Å². The summed E-state index contributed by atoms with van der Waals surface area (Å²) in [4.78, 5) is 21.4. The average molecular weight is 338 g/mol. The van der Waals surface area contributed by atoms with Crippen LogP contribution >= 0.6 is 11.8 Å². The Labute approximate surface area is 138 Å². The molecule has 3 N–H and O–H groups in total. The molecule has 3 heterocycles. The highest BCUT2D eigenvalue weighted by Crippen LogP contribution is 2.29. The number of ether oxygens (including phenoxy) is 2. The van der Waals surface area contributed by atoms with Crippen LogP contribution in [-0.4, -0.2) is 51.5 Å². The number of fused-ring (bicyclic) bond motifs is 1. The number of thioether (sulfide) groups is 1. The molecule has 2 unspecified atom stereocenters. The first-order chi connectivity index (χ1) is 11.0. The largest absolute Gasteiger partial charge is 0.355 e. The predicted molar refractivity (Wildman–Crippen MR) is 90.6 cm³/mol. The van der Waals surface area contributed by atoms with E-state index >= 15 is 0 Å². The van der Waals surface area contributed by atoms with Crippen molar-refractivity contribution in [1.82, 2.24) is 20.3 Å². The van der Waals surface area contributed by atoms with Crippen molar-refractivity contribution in [3.63, 3.8) is 0 Å². The van der Waals surface area contributed by atoms with Gasteiger partial charge in [0.15, 0.2) is 5.79 Å². The van der Waals surface area contributed by atoms with E-state index in [1.165, 1.54) is 6.33 Å². The molecule has 23 heavy (non-hydrogen) atoms. The summed E-state index contributed by atoms with van der Waals surface area (Å²) in [6.07, 6.45) is 5.40. The van der Waals surface area contributed by atoms with Crippen molar-refractivity contribution in [2.75, 3.05) is 18.6 Å². The van der Waals surface area contributed by atoms with Gasteiger partial charge in [-0.05, 0) is 20.1 Å². The Bertz CT molecular complexity index is 727. The van der Waals surface area contributed by atoms with Gasteiger partial charge in [-0.3, -0.25) is 4.79 Å². The Morgan fingerprint density at radius 2 is 2.13 bits per heavy atom. The molecule has 7 nitrogen and oxygen atoms in total. The third-order valence-electron chi connectivity index (χ3n) is 3.83. The highest BCUT2D eigenvalue weighted by atomic mass is 32.2. The van der Waals surface area contributed by atoms with Crippen LogP contribution in [0.1, 0.15) is 19.4 Å². The molecule has 0 aliphatic carbocycles.